The summed E-state index contributed by atoms with van der Waals surface area (Å²) >= 11 is 0. The van der Waals surface area contributed by atoms with Crippen molar-refractivity contribution in [3.05, 3.63) is 77.2 Å². The van der Waals surface area contributed by atoms with Crippen molar-refractivity contribution >= 4 is 17.4 Å². The number of aliphatic hydroxyl groups is 1. The minimum Gasteiger partial charge on any atom is -0.371 e. The van der Waals surface area contributed by atoms with Gasteiger partial charge in [-0.3, -0.25) is 4.79 Å². The molecule has 1 saturated heterocycles. The minimum absolute atomic E-state index is 0.0863. The van der Waals surface area contributed by atoms with E-state index in [1.807, 2.05) is 42.2 Å². The van der Waals surface area contributed by atoms with E-state index in [-0.39, 0.29) is 5.56 Å². The van der Waals surface area contributed by atoms with Gasteiger partial charge < -0.3 is 14.9 Å². The highest BCUT2D eigenvalue weighted by Gasteiger charge is 2.39. The number of hydrogen-bond acceptors (Lipinski definition) is 4. The number of likely N-dealkylation sites (N-methyl/N-ethyl adjacent to an activating group) is 1. The van der Waals surface area contributed by atoms with Crippen LogP contribution in [0.5, 0.6) is 0 Å². The number of rotatable bonds is 5. The average Bonchev–Trinajstić information content (AvgIpc) is 3.21. The van der Waals surface area contributed by atoms with Crippen LogP contribution in [0.4, 0.5) is 29.1 Å². The van der Waals surface area contributed by atoms with Gasteiger partial charge in [-0.2, -0.15) is 13.2 Å². The van der Waals surface area contributed by atoms with Gasteiger partial charge in [-0.15, -0.1) is 0 Å². The molecule has 1 N–H and O–H groups in total. The van der Waals surface area contributed by atoms with Gasteiger partial charge in [0.1, 0.15) is 17.4 Å². The number of alkyl halides is 3. The molecule has 5 nitrogen and oxygen atoms in total. The van der Waals surface area contributed by atoms with Crippen molar-refractivity contribution < 1.29 is 27.5 Å². The van der Waals surface area contributed by atoms with Crippen molar-refractivity contribution in [1.29, 1.82) is 0 Å². The van der Waals surface area contributed by atoms with Gasteiger partial charge in [-0.05, 0) is 81.5 Å². The third-order valence-electron chi connectivity index (χ3n) is 7.34. The van der Waals surface area contributed by atoms with Crippen LogP contribution in [0.2, 0.25) is 0 Å². The van der Waals surface area contributed by atoms with E-state index in [1.54, 1.807) is 6.92 Å². The van der Waals surface area contributed by atoms with Gasteiger partial charge in [-0.1, -0.05) is 24.3 Å². The zero-order chi connectivity index (χ0) is 28.0. The standard InChI is InChI=1S/C29H31F4N3O2/c1-18-9-6-7-10-22(18)23-16-25(36-12-8-11-28(36,4)38)34-17-24(23)35(5)26(37)27(2,3)19-13-20(29(31,32)33)15-21(30)14-19/h6-7,9-10,13-17,38H,8,11-12H2,1-5H3/t28-/m0/s1. The summed E-state index contributed by atoms with van der Waals surface area (Å²) in [5.74, 6) is -1.05. The summed E-state index contributed by atoms with van der Waals surface area (Å²) in [6.07, 6.45) is -1.82. The van der Waals surface area contributed by atoms with Gasteiger partial charge in [-0.25, -0.2) is 9.37 Å². The van der Waals surface area contributed by atoms with Crippen LogP contribution in [-0.2, 0) is 16.4 Å². The SMILES string of the molecule is Cc1ccccc1-c1cc(N2CCC[C@]2(C)O)ncc1N(C)C(=O)C(C)(C)c1cc(F)cc(C(F)(F)F)c1. The molecule has 1 fully saturated rings. The molecular weight excluding hydrogens is 498 g/mol. The van der Waals surface area contributed by atoms with Crippen LogP contribution in [-0.4, -0.2) is 35.3 Å². The fraction of sp³-hybridized carbons (Fsp3) is 0.379. The fourth-order valence-corrected chi connectivity index (χ4v) is 5.02. The van der Waals surface area contributed by atoms with E-state index in [4.69, 9.17) is 0 Å². The molecular formula is C29H31F4N3O2. The predicted octanol–water partition coefficient (Wildman–Crippen LogP) is 6.46. The fourth-order valence-electron chi connectivity index (χ4n) is 5.02. The molecule has 2 aromatic carbocycles. The van der Waals surface area contributed by atoms with Crippen molar-refractivity contribution in [1.82, 2.24) is 4.98 Å². The number of halogens is 4. The lowest BCUT2D eigenvalue weighted by Crippen LogP contribution is -2.42. The Morgan fingerprint density at radius 3 is 2.34 bits per heavy atom. The lowest BCUT2D eigenvalue weighted by atomic mass is 9.82. The van der Waals surface area contributed by atoms with Crippen molar-refractivity contribution in [2.24, 2.45) is 0 Å². The van der Waals surface area contributed by atoms with E-state index in [0.717, 1.165) is 29.7 Å². The van der Waals surface area contributed by atoms with Crippen LogP contribution >= 0.6 is 0 Å². The van der Waals surface area contributed by atoms with Crippen molar-refractivity contribution in [3.63, 3.8) is 0 Å². The first-order valence-corrected chi connectivity index (χ1v) is 12.4. The van der Waals surface area contributed by atoms with Crippen molar-refractivity contribution in [3.8, 4) is 11.1 Å². The van der Waals surface area contributed by atoms with Crippen molar-refractivity contribution in [2.75, 3.05) is 23.4 Å². The van der Waals surface area contributed by atoms with Gasteiger partial charge in [0.2, 0.25) is 5.91 Å². The second-order valence-corrected chi connectivity index (χ2v) is 10.6. The molecule has 1 amide bonds. The number of amides is 1. The number of aryl methyl sites for hydroxylation is 1. The van der Waals surface area contributed by atoms with Crippen molar-refractivity contribution in [2.45, 2.75) is 57.9 Å². The summed E-state index contributed by atoms with van der Waals surface area (Å²) in [4.78, 5) is 21.5. The summed E-state index contributed by atoms with van der Waals surface area (Å²) in [7, 11) is 1.53. The van der Waals surface area contributed by atoms with Crippen LogP contribution < -0.4 is 9.80 Å². The van der Waals surface area contributed by atoms with Gasteiger partial charge in [0.05, 0.1) is 22.9 Å². The highest BCUT2D eigenvalue weighted by molar-refractivity contribution is 6.03. The van der Waals surface area contributed by atoms with Gasteiger partial charge in [0.15, 0.2) is 0 Å². The maximum atomic E-state index is 14.2. The Balaban J connectivity index is 1.80. The van der Waals surface area contributed by atoms with Crippen LogP contribution in [0.15, 0.2) is 54.7 Å². The summed E-state index contributed by atoms with van der Waals surface area (Å²) in [5, 5.41) is 10.8. The number of nitrogens with zero attached hydrogens (tertiary/aromatic N) is 3. The highest BCUT2D eigenvalue weighted by Crippen LogP contribution is 2.40. The van der Waals surface area contributed by atoms with E-state index in [1.165, 1.54) is 32.0 Å². The van der Waals surface area contributed by atoms with E-state index < -0.39 is 34.6 Å². The molecule has 1 aliphatic rings. The lowest BCUT2D eigenvalue weighted by molar-refractivity contribution is -0.138. The molecule has 38 heavy (non-hydrogen) atoms. The molecule has 0 aliphatic carbocycles. The summed E-state index contributed by atoms with van der Waals surface area (Å²) in [6.45, 7) is 7.22. The molecule has 3 aromatic rings. The lowest BCUT2D eigenvalue weighted by Gasteiger charge is -2.33. The quantitative estimate of drug-likeness (QED) is 0.385. The molecule has 4 rings (SSSR count). The Kier molecular flexibility index (Phi) is 7.03. The molecule has 2 heterocycles. The topological polar surface area (TPSA) is 56.7 Å². The van der Waals surface area contributed by atoms with E-state index in [9.17, 15) is 27.5 Å². The summed E-state index contributed by atoms with van der Waals surface area (Å²) < 4.78 is 54.3. The zero-order valence-electron chi connectivity index (χ0n) is 22.0. The predicted molar refractivity (Wildman–Crippen MR) is 139 cm³/mol. The van der Waals surface area contributed by atoms with Crippen LogP contribution in [0.1, 0.15) is 50.3 Å². The Hall–Kier alpha value is -3.46. The number of pyridine rings is 1. The average molecular weight is 530 g/mol. The maximum absolute atomic E-state index is 14.2. The van der Waals surface area contributed by atoms with Crippen LogP contribution in [0, 0.1) is 12.7 Å². The van der Waals surface area contributed by atoms with Gasteiger partial charge >= 0.3 is 6.18 Å². The normalized spacial score (nSPS) is 18.1. The number of carbonyl (C=O) groups excluding carboxylic acids is 1. The number of aromatic nitrogens is 1. The Bertz CT molecular complexity index is 1370. The molecule has 9 heteroatoms. The molecule has 202 valence electrons. The first kappa shape index (κ1) is 27.6. The molecule has 0 unspecified atom stereocenters. The van der Waals surface area contributed by atoms with Crippen LogP contribution in [0.25, 0.3) is 11.1 Å². The smallest absolute Gasteiger partial charge is 0.371 e. The number of anilines is 2. The second-order valence-electron chi connectivity index (χ2n) is 10.6. The molecule has 0 radical (unpaired) electrons. The summed E-state index contributed by atoms with van der Waals surface area (Å²) in [5.41, 5.74) is -0.889. The largest absolute Gasteiger partial charge is 0.416 e. The maximum Gasteiger partial charge on any atom is 0.416 e. The van der Waals surface area contributed by atoms with Gasteiger partial charge in [0, 0.05) is 19.2 Å². The third kappa shape index (κ3) is 5.12. The monoisotopic (exact) mass is 529 g/mol. The highest BCUT2D eigenvalue weighted by atomic mass is 19.4. The zero-order valence-corrected chi connectivity index (χ0v) is 22.0. The van der Waals surface area contributed by atoms with E-state index in [0.29, 0.717) is 36.1 Å². The third-order valence-corrected chi connectivity index (χ3v) is 7.34. The van der Waals surface area contributed by atoms with E-state index >= 15 is 0 Å². The first-order valence-electron chi connectivity index (χ1n) is 12.4. The van der Waals surface area contributed by atoms with Gasteiger partial charge in [0.25, 0.3) is 0 Å². The molecule has 0 spiro atoms. The number of carbonyl (C=O) groups is 1. The minimum atomic E-state index is -4.75. The molecule has 0 saturated carbocycles. The number of benzene rings is 2. The number of hydrogen-bond donors (Lipinski definition) is 1. The second kappa shape index (κ2) is 9.69. The first-order chi connectivity index (χ1) is 17.6. The van der Waals surface area contributed by atoms with Crippen LogP contribution in [0.3, 0.4) is 0 Å². The molecule has 1 atom stereocenters. The summed E-state index contributed by atoms with van der Waals surface area (Å²) in [6, 6.07) is 11.6. The Morgan fingerprint density at radius 1 is 1.08 bits per heavy atom. The van der Waals surface area contributed by atoms with E-state index in [2.05, 4.69) is 4.98 Å². The Labute approximate surface area is 219 Å². The molecule has 1 aromatic heterocycles. The molecule has 0 bridgehead atoms. The molecule has 1 aliphatic heterocycles. The Morgan fingerprint density at radius 2 is 1.74 bits per heavy atom.